The van der Waals surface area contributed by atoms with Gasteiger partial charge in [-0.3, -0.25) is 0 Å². The third kappa shape index (κ3) is 7.26. The van der Waals surface area contributed by atoms with Gasteiger partial charge < -0.3 is 14.9 Å². The van der Waals surface area contributed by atoms with Crippen LogP contribution in [0.5, 0.6) is 0 Å². The second kappa shape index (κ2) is 12.3. The van der Waals surface area contributed by atoms with Crippen LogP contribution in [0.1, 0.15) is 20.8 Å². The van der Waals surface area contributed by atoms with Crippen LogP contribution in [0.3, 0.4) is 0 Å². The second-order valence-electron chi connectivity index (χ2n) is 5.49. The number of hydrogen-bond donors (Lipinski definition) is 2. The molecular weight excluding hydrogens is 376 g/mol. The van der Waals surface area contributed by atoms with Crippen molar-refractivity contribution in [1.82, 2.24) is 0 Å². The zero-order chi connectivity index (χ0) is 19.0. The van der Waals surface area contributed by atoms with Crippen molar-refractivity contribution in [3.8, 4) is 0 Å². The molecule has 2 rings (SSSR count). The summed E-state index contributed by atoms with van der Waals surface area (Å²) in [6.07, 6.45) is 15.7. The van der Waals surface area contributed by atoms with Crippen molar-refractivity contribution in [1.29, 1.82) is 0 Å². The van der Waals surface area contributed by atoms with Crippen molar-refractivity contribution in [2.24, 2.45) is 0 Å². The summed E-state index contributed by atoms with van der Waals surface area (Å²) >= 11 is 0. The van der Waals surface area contributed by atoms with E-state index in [-0.39, 0.29) is 28.2 Å². The Bertz CT molecular complexity index is 535. The van der Waals surface area contributed by atoms with Gasteiger partial charge in [-0.1, -0.05) is 11.1 Å². The number of allylic oxidation sites excluding steroid dienone is 2. The van der Waals surface area contributed by atoms with Gasteiger partial charge in [0.2, 0.25) is 0 Å². The minimum atomic E-state index is -1.26. The van der Waals surface area contributed by atoms with Crippen molar-refractivity contribution >= 4 is 11.9 Å². The summed E-state index contributed by atoms with van der Waals surface area (Å²) in [6, 6.07) is 0. The van der Waals surface area contributed by atoms with E-state index in [0.29, 0.717) is 23.2 Å². The maximum atomic E-state index is 11.5. The molecule has 0 aromatic rings. The molecule has 0 unspecified atom stereocenters. The summed E-state index contributed by atoms with van der Waals surface area (Å²) in [4.78, 5) is 22.8. The van der Waals surface area contributed by atoms with Gasteiger partial charge >= 0.3 is 11.9 Å². The number of methoxy groups -OCH3 is 1. The van der Waals surface area contributed by atoms with Gasteiger partial charge in [0.05, 0.1) is 11.1 Å². The first-order valence-corrected chi connectivity index (χ1v) is 7.62. The van der Waals surface area contributed by atoms with Gasteiger partial charge in [0.1, 0.15) is 6.10 Å². The maximum Gasteiger partial charge on any atom is 0.336 e. The SMILES string of the molecule is CO[C]1[CH][CH][C](/C(C)=C(/C(=O)O)C(C(=O)O)=C(C)C)[CH]1.[CH]1[CH][CH][CH][CH]1.[Fe]. The molecule has 0 atom stereocenters. The Balaban J connectivity index is 0.000000893. The van der Waals surface area contributed by atoms with Gasteiger partial charge in [-0.25, -0.2) is 9.59 Å². The summed E-state index contributed by atoms with van der Waals surface area (Å²) < 4.78 is 5.04. The Labute approximate surface area is 167 Å². The number of rotatable bonds is 5. The summed E-state index contributed by atoms with van der Waals surface area (Å²) in [5, 5.41) is 18.6. The van der Waals surface area contributed by atoms with E-state index in [1.165, 1.54) is 7.11 Å². The van der Waals surface area contributed by atoms with Crippen LogP contribution in [-0.2, 0) is 31.4 Å². The van der Waals surface area contributed by atoms with Crippen molar-refractivity contribution in [2.45, 2.75) is 20.8 Å². The summed E-state index contributed by atoms with van der Waals surface area (Å²) in [5.74, 6) is -1.89. The first-order chi connectivity index (χ1) is 11.8. The molecule has 0 heterocycles. The fraction of sp³-hybridized carbons (Fsp3) is 0.200. The molecule has 2 N–H and O–H groups in total. The van der Waals surface area contributed by atoms with Crippen LogP contribution in [0.15, 0.2) is 22.3 Å². The smallest absolute Gasteiger partial charge is 0.336 e. The van der Waals surface area contributed by atoms with Crippen molar-refractivity contribution in [2.75, 3.05) is 7.11 Å². The molecule has 5 nitrogen and oxygen atoms in total. The number of carbonyl (C=O) groups is 2. The molecule has 0 saturated heterocycles. The molecule has 0 amide bonds. The van der Waals surface area contributed by atoms with Crippen LogP contribution in [-0.4, -0.2) is 29.3 Å². The second-order valence-corrected chi connectivity index (χ2v) is 5.49. The zero-order valence-electron chi connectivity index (χ0n) is 15.1. The quantitative estimate of drug-likeness (QED) is 0.422. The number of hydrogen-bond acceptors (Lipinski definition) is 3. The standard InChI is InChI=1S/C15H17O5.C5H5.Fe/c1-8(2)12(14(16)17)13(15(18)19)9(3)10-5-6-11(7-10)20-4;1-2-4-5-3-1;/h5-7H,1-4H3,(H,16,17)(H,18,19);1-5H;/b13-9+;;. The van der Waals surface area contributed by atoms with Crippen molar-refractivity contribution < 1.29 is 41.6 Å². The average Bonchev–Trinajstić information content (AvgIpc) is 3.23. The van der Waals surface area contributed by atoms with Gasteiger partial charge in [-0.05, 0) is 59.3 Å². The third-order valence-electron chi connectivity index (χ3n) is 3.50. The molecule has 2 aliphatic carbocycles. The zero-order valence-corrected chi connectivity index (χ0v) is 16.2. The van der Waals surface area contributed by atoms with Crippen LogP contribution in [0, 0.1) is 63.4 Å². The molecule has 2 aliphatic rings. The number of ether oxygens (including phenoxy) is 1. The Morgan fingerprint density at radius 2 is 1.31 bits per heavy atom. The molecule has 140 valence electrons. The fourth-order valence-electron chi connectivity index (χ4n) is 2.27. The summed E-state index contributed by atoms with van der Waals surface area (Å²) in [6.45, 7) is 4.74. The first kappa shape index (κ1) is 24.9. The minimum absolute atomic E-state index is 0. The van der Waals surface area contributed by atoms with E-state index in [1.54, 1.807) is 40.0 Å². The molecule has 0 aromatic carbocycles. The predicted octanol–water partition coefficient (Wildman–Crippen LogP) is 3.21. The fourth-order valence-corrected chi connectivity index (χ4v) is 2.27. The van der Waals surface area contributed by atoms with Crippen molar-refractivity contribution in [3.05, 3.63) is 85.7 Å². The largest absolute Gasteiger partial charge is 0.478 e. The predicted molar refractivity (Wildman–Crippen MR) is 94.2 cm³/mol. The van der Waals surface area contributed by atoms with E-state index in [9.17, 15) is 19.8 Å². The van der Waals surface area contributed by atoms with Gasteiger partial charge in [0.25, 0.3) is 0 Å². The average molecular weight is 398 g/mol. The van der Waals surface area contributed by atoms with Gasteiger partial charge in [0, 0.05) is 42.9 Å². The third-order valence-corrected chi connectivity index (χ3v) is 3.50. The van der Waals surface area contributed by atoms with Crippen molar-refractivity contribution in [3.63, 3.8) is 0 Å². The van der Waals surface area contributed by atoms with Gasteiger partial charge in [0.15, 0.2) is 0 Å². The summed E-state index contributed by atoms with van der Waals surface area (Å²) in [5.41, 5.74) is 0.438. The van der Waals surface area contributed by atoms with E-state index in [4.69, 9.17) is 4.74 Å². The molecule has 2 saturated carbocycles. The van der Waals surface area contributed by atoms with E-state index < -0.39 is 11.9 Å². The molecule has 0 spiro atoms. The molecule has 0 bridgehead atoms. The Kier molecular flexibility index (Phi) is 11.8. The molecule has 10 radical (unpaired) electrons. The van der Waals surface area contributed by atoms with Crippen LogP contribution >= 0.6 is 0 Å². The molecular formula is C20H22FeO5. The maximum absolute atomic E-state index is 11.5. The van der Waals surface area contributed by atoms with E-state index in [2.05, 4.69) is 0 Å². The molecule has 0 aromatic heterocycles. The Morgan fingerprint density at radius 3 is 1.62 bits per heavy atom. The molecule has 6 heteroatoms. The first-order valence-electron chi connectivity index (χ1n) is 7.62. The summed E-state index contributed by atoms with van der Waals surface area (Å²) in [7, 11) is 1.51. The molecule has 2 fully saturated rings. The van der Waals surface area contributed by atoms with Gasteiger partial charge in [-0.2, -0.15) is 0 Å². The van der Waals surface area contributed by atoms with E-state index in [1.807, 2.05) is 32.1 Å². The number of carboxylic acid groups (broad SMARTS) is 2. The number of carboxylic acids is 2. The van der Waals surface area contributed by atoms with Crippen LogP contribution in [0.4, 0.5) is 0 Å². The molecule has 0 aliphatic heterocycles. The molecule has 26 heavy (non-hydrogen) atoms. The number of aliphatic carboxylic acids is 2. The Hall–Kier alpha value is -1.10. The van der Waals surface area contributed by atoms with Gasteiger partial charge in [-0.15, -0.1) is 0 Å². The van der Waals surface area contributed by atoms with Crippen LogP contribution in [0.2, 0.25) is 0 Å². The van der Waals surface area contributed by atoms with Crippen LogP contribution in [0.25, 0.3) is 0 Å². The minimum Gasteiger partial charge on any atom is -0.478 e. The van der Waals surface area contributed by atoms with E-state index >= 15 is 0 Å². The van der Waals surface area contributed by atoms with Crippen LogP contribution < -0.4 is 0 Å². The topological polar surface area (TPSA) is 83.8 Å². The Morgan fingerprint density at radius 1 is 0.846 bits per heavy atom. The van der Waals surface area contributed by atoms with E-state index in [0.717, 1.165) is 0 Å². The normalized spacial score (nSPS) is 18.3. The monoisotopic (exact) mass is 398 g/mol.